The topological polar surface area (TPSA) is 80.3 Å². The molecule has 0 saturated carbocycles. The molecule has 3 aromatic rings. The molecule has 0 heterocycles. The van der Waals surface area contributed by atoms with E-state index in [-0.39, 0.29) is 20.7 Å². The average Bonchev–Trinajstić information content (AvgIpc) is 2.88. The van der Waals surface area contributed by atoms with Gasteiger partial charge in [-0.15, -0.1) is 0 Å². The van der Waals surface area contributed by atoms with Crippen LogP contribution in [0.4, 0.5) is 0 Å². The van der Waals surface area contributed by atoms with Gasteiger partial charge in [0.2, 0.25) is 5.75 Å². The van der Waals surface area contributed by atoms with Crippen LogP contribution in [0.1, 0.15) is 16.7 Å². The van der Waals surface area contributed by atoms with Gasteiger partial charge in [-0.25, -0.2) is 8.42 Å². The zero-order valence-electron chi connectivity index (χ0n) is 20.4. The number of ether oxygens (including phenoxy) is 5. The van der Waals surface area contributed by atoms with E-state index in [1.165, 1.54) is 53.7 Å². The van der Waals surface area contributed by atoms with Crippen molar-refractivity contribution in [3.63, 3.8) is 0 Å². The normalized spacial score (nSPS) is 11.4. The van der Waals surface area contributed by atoms with Crippen molar-refractivity contribution in [3.05, 3.63) is 69.2 Å². The van der Waals surface area contributed by atoms with Crippen LogP contribution in [0.3, 0.4) is 0 Å². The molecule has 0 N–H and O–H groups in total. The second-order valence-corrected chi connectivity index (χ2v) is 10.3. The van der Waals surface area contributed by atoms with Crippen molar-refractivity contribution in [2.24, 2.45) is 0 Å². The van der Waals surface area contributed by atoms with Crippen LogP contribution in [-0.2, 0) is 15.6 Å². The van der Waals surface area contributed by atoms with Crippen LogP contribution >= 0.6 is 23.2 Å². The predicted molar refractivity (Wildman–Crippen MR) is 142 cm³/mol. The molecule has 0 aliphatic heterocycles. The number of benzene rings is 3. The molecule has 7 nitrogen and oxygen atoms in total. The average molecular weight is 553 g/mol. The highest BCUT2D eigenvalue weighted by Crippen LogP contribution is 2.39. The number of rotatable bonds is 10. The van der Waals surface area contributed by atoms with Crippen LogP contribution in [0.5, 0.6) is 28.7 Å². The number of methoxy groups -OCH3 is 5. The summed E-state index contributed by atoms with van der Waals surface area (Å²) in [6.07, 6.45) is 3.59. The first-order valence-corrected chi connectivity index (χ1v) is 13.0. The van der Waals surface area contributed by atoms with E-state index < -0.39 is 9.84 Å². The number of sulfone groups is 1. The first-order valence-electron chi connectivity index (χ1n) is 10.6. The van der Waals surface area contributed by atoms with Gasteiger partial charge in [0, 0.05) is 0 Å². The first-order chi connectivity index (χ1) is 17.2. The van der Waals surface area contributed by atoms with Crippen molar-refractivity contribution in [1.82, 2.24) is 0 Å². The Bertz CT molecular complexity index is 1360. The molecule has 0 saturated heterocycles. The first kappa shape index (κ1) is 27.5. The third kappa shape index (κ3) is 6.00. The van der Waals surface area contributed by atoms with Gasteiger partial charge in [0.1, 0.15) is 0 Å². The summed E-state index contributed by atoms with van der Waals surface area (Å²) in [6, 6.07) is 11.1. The highest BCUT2D eigenvalue weighted by Gasteiger charge is 2.20. The highest BCUT2D eigenvalue weighted by molar-refractivity contribution is 7.90. The molecular formula is C26H26Cl2O7S. The molecular weight excluding hydrogens is 527 g/mol. The lowest BCUT2D eigenvalue weighted by Crippen LogP contribution is -2.07. The second kappa shape index (κ2) is 11.8. The molecule has 0 aliphatic carbocycles. The Hall–Kier alpha value is -3.07. The molecule has 0 radical (unpaired) electrons. The van der Waals surface area contributed by atoms with Crippen LogP contribution < -0.4 is 23.7 Å². The maximum absolute atomic E-state index is 13.2. The summed E-state index contributed by atoms with van der Waals surface area (Å²) in [5.41, 5.74) is 1.87. The molecule has 3 rings (SSSR count). The second-order valence-electron chi connectivity index (χ2n) is 7.53. The van der Waals surface area contributed by atoms with Crippen molar-refractivity contribution < 1.29 is 32.1 Å². The van der Waals surface area contributed by atoms with Crippen LogP contribution in [0.25, 0.3) is 12.2 Å². The van der Waals surface area contributed by atoms with Gasteiger partial charge >= 0.3 is 0 Å². The fourth-order valence-electron chi connectivity index (χ4n) is 3.56. The van der Waals surface area contributed by atoms with E-state index >= 15 is 0 Å². The lowest BCUT2D eigenvalue weighted by molar-refractivity contribution is 0.324. The van der Waals surface area contributed by atoms with Crippen molar-refractivity contribution in [3.8, 4) is 28.7 Å². The predicted octanol–water partition coefficient (Wildman–Crippen LogP) is 6.18. The summed E-state index contributed by atoms with van der Waals surface area (Å²) in [5.74, 6) is 2.01. The minimum atomic E-state index is -3.76. The Morgan fingerprint density at radius 3 is 1.81 bits per heavy atom. The van der Waals surface area contributed by atoms with Gasteiger partial charge in [-0.3, -0.25) is 0 Å². The van der Waals surface area contributed by atoms with E-state index in [1.807, 2.05) is 0 Å². The van der Waals surface area contributed by atoms with Crippen LogP contribution in [0.2, 0.25) is 10.0 Å². The van der Waals surface area contributed by atoms with Gasteiger partial charge in [-0.2, -0.15) is 0 Å². The molecule has 0 aromatic heterocycles. The van der Waals surface area contributed by atoms with Gasteiger partial charge in [0.25, 0.3) is 0 Å². The number of halogens is 2. The van der Waals surface area contributed by atoms with E-state index in [1.54, 1.807) is 36.4 Å². The zero-order valence-corrected chi connectivity index (χ0v) is 22.8. The van der Waals surface area contributed by atoms with E-state index in [4.69, 9.17) is 46.9 Å². The fraction of sp³-hybridized carbons (Fsp3) is 0.231. The Labute approximate surface area is 221 Å². The van der Waals surface area contributed by atoms with Gasteiger partial charge in [-0.1, -0.05) is 35.4 Å². The Morgan fingerprint density at radius 2 is 1.28 bits per heavy atom. The Kier molecular flexibility index (Phi) is 9.00. The standard InChI is InChI=1S/C26H26Cl2O7S/c1-31-22-12-17(7-6-16-10-24(33-3)26(35-5)25(11-16)34-4)18(13-23(22)32-2)15-36(29,30)19-8-9-20(27)21(28)14-19/h6-14H,15H2,1-5H3/b7-6-. The lowest BCUT2D eigenvalue weighted by Gasteiger charge is -2.14. The van der Waals surface area contributed by atoms with Crippen molar-refractivity contribution >= 4 is 45.2 Å². The maximum Gasteiger partial charge on any atom is 0.203 e. The number of hydrogen-bond acceptors (Lipinski definition) is 7. The molecule has 10 heteroatoms. The van der Waals surface area contributed by atoms with E-state index in [2.05, 4.69) is 0 Å². The smallest absolute Gasteiger partial charge is 0.203 e. The van der Waals surface area contributed by atoms with Crippen LogP contribution in [0, 0.1) is 0 Å². The van der Waals surface area contributed by atoms with Crippen molar-refractivity contribution in [2.75, 3.05) is 35.5 Å². The lowest BCUT2D eigenvalue weighted by atomic mass is 10.1. The minimum absolute atomic E-state index is 0.0613. The van der Waals surface area contributed by atoms with Gasteiger partial charge < -0.3 is 23.7 Å². The molecule has 0 fully saturated rings. The van der Waals surface area contributed by atoms with E-state index in [0.29, 0.717) is 39.9 Å². The van der Waals surface area contributed by atoms with Gasteiger partial charge in [-0.05, 0) is 59.2 Å². The molecule has 192 valence electrons. The summed E-state index contributed by atoms with van der Waals surface area (Å²) in [6.45, 7) is 0. The number of hydrogen-bond donors (Lipinski definition) is 0. The van der Waals surface area contributed by atoms with Crippen molar-refractivity contribution in [2.45, 2.75) is 10.6 Å². The van der Waals surface area contributed by atoms with Crippen LogP contribution in [0.15, 0.2) is 47.4 Å². The summed E-state index contributed by atoms with van der Waals surface area (Å²) in [5, 5.41) is 0.434. The summed E-state index contributed by atoms with van der Waals surface area (Å²) in [4.78, 5) is 0.0613. The Morgan fingerprint density at radius 1 is 0.694 bits per heavy atom. The molecule has 36 heavy (non-hydrogen) atoms. The molecule has 0 spiro atoms. The molecule has 0 amide bonds. The van der Waals surface area contributed by atoms with Gasteiger partial charge in [0.05, 0.1) is 56.2 Å². The molecule has 0 atom stereocenters. The minimum Gasteiger partial charge on any atom is -0.493 e. The van der Waals surface area contributed by atoms with E-state index in [0.717, 1.165) is 5.56 Å². The fourth-order valence-corrected chi connectivity index (χ4v) is 5.32. The third-order valence-corrected chi connectivity index (χ3v) is 7.79. The molecule has 0 aliphatic rings. The largest absolute Gasteiger partial charge is 0.493 e. The summed E-state index contributed by atoms with van der Waals surface area (Å²) >= 11 is 12.0. The highest BCUT2D eigenvalue weighted by atomic mass is 35.5. The summed E-state index contributed by atoms with van der Waals surface area (Å²) in [7, 11) is 3.83. The van der Waals surface area contributed by atoms with Gasteiger partial charge in [0.15, 0.2) is 32.8 Å². The third-order valence-electron chi connectivity index (χ3n) is 5.38. The van der Waals surface area contributed by atoms with Crippen molar-refractivity contribution in [1.29, 1.82) is 0 Å². The van der Waals surface area contributed by atoms with E-state index in [9.17, 15) is 8.42 Å². The molecule has 3 aromatic carbocycles. The van der Waals surface area contributed by atoms with Crippen LogP contribution in [-0.4, -0.2) is 44.0 Å². The maximum atomic E-state index is 13.2. The zero-order chi connectivity index (χ0) is 26.5. The molecule has 0 bridgehead atoms. The molecule has 0 unspecified atom stereocenters. The SMILES string of the molecule is COc1cc(/C=C\c2cc(OC)c(OC)c(OC)c2)c(CS(=O)(=O)c2ccc(Cl)c(Cl)c2)cc1OC. The quantitative estimate of drug-likeness (QED) is 0.278. The summed E-state index contributed by atoms with van der Waals surface area (Å²) < 4.78 is 53.5. The monoisotopic (exact) mass is 552 g/mol. The Balaban J connectivity index is 2.09.